The minimum Gasteiger partial charge on any atom is -0.478 e. The predicted molar refractivity (Wildman–Crippen MR) is 81.1 cm³/mol. The Morgan fingerprint density at radius 2 is 2.08 bits per heavy atom. The van der Waals surface area contributed by atoms with E-state index in [9.17, 15) is 23.1 Å². The summed E-state index contributed by atoms with van der Waals surface area (Å²) in [5, 5.41) is 27.9. The number of halogens is 3. The summed E-state index contributed by atoms with van der Waals surface area (Å²) in [6.45, 7) is 0. The minimum absolute atomic E-state index is 0.0195. The van der Waals surface area contributed by atoms with Crippen LogP contribution in [0, 0.1) is 11.3 Å². The van der Waals surface area contributed by atoms with Crippen LogP contribution in [-0.2, 0) is 6.18 Å². The van der Waals surface area contributed by atoms with Crippen LogP contribution in [0.1, 0.15) is 21.5 Å². The normalized spacial score (nSPS) is 11.3. The lowest BCUT2D eigenvalue weighted by Gasteiger charge is -2.12. The monoisotopic (exact) mass is 349 g/mol. The fourth-order valence-electron chi connectivity index (χ4n) is 1.93. The second-order valence-corrected chi connectivity index (χ2v) is 4.68. The molecule has 2 rings (SSSR count). The van der Waals surface area contributed by atoms with Gasteiger partial charge in [0.05, 0.1) is 11.1 Å². The van der Waals surface area contributed by atoms with Crippen LogP contribution in [0.5, 0.6) is 0 Å². The number of benzene rings is 1. The number of aromatic carboxylic acids is 1. The molecule has 10 heteroatoms. The molecule has 0 bridgehead atoms. The van der Waals surface area contributed by atoms with Gasteiger partial charge in [0, 0.05) is 12.7 Å². The first-order chi connectivity index (χ1) is 11.8. The first-order valence-electron chi connectivity index (χ1n) is 6.69. The summed E-state index contributed by atoms with van der Waals surface area (Å²) < 4.78 is 38.3. The van der Waals surface area contributed by atoms with Gasteiger partial charge >= 0.3 is 12.1 Å². The first kappa shape index (κ1) is 17.9. The van der Waals surface area contributed by atoms with Crippen LogP contribution in [0.2, 0.25) is 0 Å². The first-order valence-corrected chi connectivity index (χ1v) is 6.69. The van der Waals surface area contributed by atoms with Crippen LogP contribution < -0.4 is 5.32 Å². The van der Waals surface area contributed by atoms with Crippen molar-refractivity contribution in [3.05, 3.63) is 47.0 Å². The van der Waals surface area contributed by atoms with Gasteiger partial charge < -0.3 is 10.4 Å². The standard InChI is InChI=1S/C15H10F3N5O2/c1-20-23-12-8(7-19)5-11(14(24)25)13(22-12)21-10-4-2-3-9(6-10)15(16,17)18/h2-6H,1H3,(H,21,22)(H,24,25). The highest BCUT2D eigenvalue weighted by Crippen LogP contribution is 2.32. The molecule has 0 unspecified atom stereocenters. The summed E-state index contributed by atoms with van der Waals surface area (Å²) in [6, 6.07) is 6.95. The van der Waals surface area contributed by atoms with Crippen molar-refractivity contribution in [3.8, 4) is 6.07 Å². The van der Waals surface area contributed by atoms with Crippen LogP contribution in [0.4, 0.5) is 30.5 Å². The van der Waals surface area contributed by atoms with Crippen molar-refractivity contribution in [2.24, 2.45) is 10.2 Å². The molecule has 25 heavy (non-hydrogen) atoms. The Hall–Kier alpha value is -3.48. The summed E-state index contributed by atoms with van der Waals surface area (Å²) in [5.41, 5.74) is -1.44. The number of alkyl halides is 3. The van der Waals surface area contributed by atoms with E-state index < -0.39 is 17.7 Å². The molecular formula is C15H10F3N5O2. The Morgan fingerprint density at radius 3 is 2.64 bits per heavy atom. The van der Waals surface area contributed by atoms with Crippen LogP contribution in [0.25, 0.3) is 0 Å². The third kappa shape index (κ3) is 4.08. The maximum absolute atomic E-state index is 12.8. The molecule has 0 aliphatic rings. The lowest BCUT2D eigenvalue weighted by molar-refractivity contribution is -0.137. The molecule has 0 atom stereocenters. The molecule has 1 aromatic heterocycles. The third-order valence-corrected chi connectivity index (χ3v) is 3.00. The van der Waals surface area contributed by atoms with Gasteiger partial charge in [0.1, 0.15) is 17.5 Å². The maximum atomic E-state index is 12.8. The molecule has 0 saturated carbocycles. The summed E-state index contributed by atoms with van der Waals surface area (Å²) in [4.78, 5) is 15.2. The Bertz CT molecular complexity index is 888. The van der Waals surface area contributed by atoms with Gasteiger partial charge in [-0.3, -0.25) is 0 Å². The molecule has 1 heterocycles. The van der Waals surface area contributed by atoms with Gasteiger partial charge in [-0.15, -0.1) is 5.11 Å². The molecule has 0 aliphatic heterocycles. The molecule has 0 radical (unpaired) electrons. The Morgan fingerprint density at radius 1 is 1.36 bits per heavy atom. The number of carboxylic acids is 1. The summed E-state index contributed by atoms with van der Waals surface area (Å²) in [6.07, 6.45) is -4.55. The number of nitriles is 1. The Kier molecular flexibility index (Phi) is 4.97. The lowest BCUT2D eigenvalue weighted by Crippen LogP contribution is -2.08. The molecule has 2 aromatic rings. The quantitative estimate of drug-likeness (QED) is 0.806. The van der Waals surface area contributed by atoms with E-state index in [1.54, 1.807) is 6.07 Å². The molecule has 0 fully saturated rings. The molecular weight excluding hydrogens is 339 g/mol. The second kappa shape index (κ2) is 6.96. The highest BCUT2D eigenvalue weighted by Gasteiger charge is 2.30. The summed E-state index contributed by atoms with van der Waals surface area (Å²) in [5.74, 6) is -1.81. The number of nitrogens with one attached hydrogen (secondary N) is 1. The third-order valence-electron chi connectivity index (χ3n) is 3.00. The summed E-state index contributed by atoms with van der Waals surface area (Å²) >= 11 is 0. The van der Waals surface area contributed by atoms with Gasteiger partial charge in [-0.2, -0.15) is 23.5 Å². The van der Waals surface area contributed by atoms with Gasteiger partial charge in [-0.05, 0) is 24.3 Å². The number of aromatic nitrogens is 1. The SMILES string of the molecule is CN=Nc1nc(Nc2cccc(C(F)(F)F)c2)c(C(=O)O)cc1C#N. The molecule has 0 spiro atoms. The van der Waals surface area contributed by atoms with Gasteiger partial charge in [0.25, 0.3) is 0 Å². The summed E-state index contributed by atoms with van der Waals surface area (Å²) in [7, 11) is 1.33. The van der Waals surface area contributed by atoms with Crippen molar-refractivity contribution in [1.29, 1.82) is 5.26 Å². The molecule has 0 amide bonds. The average molecular weight is 349 g/mol. The number of nitrogens with zero attached hydrogens (tertiary/aromatic N) is 4. The molecule has 2 N–H and O–H groups in total. The number of carbonyl (C=O) groups is 1. The molecule has 0 aliphatic carbocycles. The second-order valence-electron chi connectivity index (χ2n) is 4.68. The van der Waals surface area contributed by atoms with E-state index in [1.807, 2.05) is 0 Å². The van der Waals surface area contributed by atoms with Gasteiger partial charge in [0.15, 0.2) is 5.82 Å². The average Bonchev–Trinajstić information content (AvgIpc) is 2.54. The Balaban J connectivity index is 2.53. The van der Waals surface area contributed by atoms with Crippen LogP contribution in [0.3, 0.4) is 0 Å². The number of hydrogen-bond donors (Lipinski definition) is 2. The van der Waals surface area contributed by atoms with Crippen molar-refractivity contribution in [1.82, 2.24) is 4.98 Å². The maximum Gasteiger partial charge on any atom is 0.416 e. The highest BCUT2D eigenvalue weighted by molar-refractivity contribution is 5.95. The van der Waals surface area contributed by atoms with Crippen LogP contribution in [-0.4, -0.2) is 23.1 Å². The van der Waals surface area contributed by atoms with Crippen LogP contribution in [0.15, 0.2) is 40.6 Å². The Labute approximate surface area is 139 Å². The van der Waals surface area contributed by atoms with E-state index in [2.05, 4.69) is 20.5 Å². The van der Waals surface area contributed by atoms with Gasteiger partial charge in [-0.25, -0.2) is 9.78 Å². The fraction of sp³-hybridized carbons (Fsp3) is 0.133. The van der Waals surface area contributed by atoms with E-state index in [0.29, 0.717) is 0 Å². The molecule has 1 aromatic carbocycles. The van der Waals surface area contributed by atoms with Gasteiger partial charge in [0.2, 0.25) is 0 Å². The van der Waals surface area contributed by atoms with E-state index in [1.165, 1.54) is 19.2 Å². The van der Waals surface area contributed by atoms with E-state index in [0.717, 1.165) is 18.2 Å². The largest absolute Gasteiger partial charge is 0.478 e. The van der Waals surface area contributed by atoms with Crippen molar-refractivity contribution in [3.63, 3.8) is 0 Å². The van der Waals surface area contributed by atoms with Crippen molar-refractivity contribution < 1.29 is 23.1 Å². The molecule has 0 saturated heterocycles. The highest BCUT2D eigenvalue weighted by atomic mass is 19.4. The smallest absolute Gasteiger partial charge is 0.416 e. The number of pyridine rings is 1. The van der Waals surface area contributed by atoms with Crippen LogP contribution >= 0.6 is 0 Å². The van der Waals surface area contributed by atoms with Gasteiger partial charge in [-0.1, -0.05) is 6.07 Å². The number of hydrogen-bond acceptors (Lipinski definition) is 6. The van der Waals surface area contributed by atoms with E-state index >= 15 is 0 Å². The van der Waals surface area contributed by atoms with Crippen molar-refractivity contribution in [2.45, 2.75) is 6.18 Å². The van der Waals surface area contributed by atoms with Crippen molar-refractivity contribution in [2.75, 3.05) is 12.4 Å². The number of azo groups is 1. The van der Waals surface area contributed by atoms with E-state index in [-0.39, 0.29) is 28.5 Å². The minimum atomic E-state index is -4.55. The number of carboxylic acid groups (broad SMARTS) is 1. The number of rotatable bonds is 4. The zero-order chi connectivity index (χ0) is 18.6. The zero-order valence-corrected chi connectivity index (χ0v) is 12.7. The number of anilines is 2. The topological polar surface area (TPSA) is 111 Å². The molecule has 128 valence electrons. The van der Waals surface area contributed by atoms with Crippen molar-refractivity contribution >= 4 is 23.3 Å². The predicted octanol–water partition coefficient (Wildman–Crippen LogP) is 4.13. The zero-order valence-electron chi connectivity index (χ0n) is 12.7. The lowest BCUT2D eigenvalue weighted by atomic mass is 10.1. The molecule has 7 nitrogen and oxygen atoms in total. The fourth-order valence-corrected chi connectivity index (χ4v) is 1.93. The van der Waals surface area contributed by atoms with E-state index in [4.69, 9.17) is 5.26 Å².